The normalized spacial score (nSPS) is 17.2. The Hall–Kier alpha value is -1.88. The molecule has 5 heteroatoms. The van der Waals surface area contributed by atoms with E-state index in [4.69, 9.17) is 13.9 Å². The summed E-state index contributed by atoms with van der Waals surface area (Å²) in [5.41, 5.74) is 2.33. The number of hydrogen-bond donors (Lipinski definition) is 0. The van der Waals surface area contributed by atoms with Gasteiger partial charge in [-0.25, -0.2) is 4.98 Å². The first-order valence-electron chi connectivity index (χ1n) is 6.15. The Balaban J connectivity index is 1.98. The van der Waals surface area contributed by atoms with Crippen molar-refractivity contribution in [1.29, 1.82) is 0 Å². The topological polar surface area (TPSA) is 61.6 Å². The molecule has 0 radical (unpaired) electrons. The van der Waals surface area contributed by atoms with E-state index in [1.807, 2.05) is 25.1 Å². The third kappa shape index (κ3) is 2.00. The predicted molar refractivity (Wildman–Crippen MR) is 67.9 cm³/mol. The van der Waals surface area contributed by atoms with E-state index in [9.17, 15) is 4.79 Å². The Bertz CT molecular complexity index is 627. The summed E-state index contributed by atoms with van der Waals surface area (Å²) in [6.45, 7) is 2.88. The highest BCUT2D eigenvalue weighted by molar-refractivity contribution is 5.76. The van der Waals surface area contributed by atoms with Crippen molar-refractivity contribution < 1.29 is 18.7 Å². The molecule has 5 nitrogen and oxygen atoms in total. The fraction of sp³-hybridized carbons (Fsp3) is 0.429. The van der Waals surface area contributed by atoms with Gasteiger partial charge >= 0.3 is 5.97 Å². The number of methoxy groups -OCH3 is 1. The molecule has 1 fully saturated rings. The van der Waals surface area contributed by atoms with Gasteiger partial charge in [0.25, 0.3) is 0 Å². The van der Waals surface area contributed by atoms with Crippen LogP contribution in [0.5, 0.6) is 0 Å². The third-order valence-corrected chi connectivity index (χ3v) is 3.57. The summed E-state index contributed by atoms with van der Waals surface area (Å²) in [4.78, 5) is 15.9. The largest absolute Gasteiger partial charge is 0.469 e. The molecule has 0 spiro atoms. The molecule has 1 aliphatic heterocycles. The molecule has 1 aliphatic rings. The number of oxazole rings is 1. The predicted octanol–water partition coefficient (Wildman–Crippen LogP) is 1.97. The molecule has 2 heterocycles. The maximum absolute atomic E-state index is 11.5. The summed E-state index contributed by atoms with van der Waals surface area (Å²) in [7, 11) is 1.40. The van der Waals surface area contributed by atoms with Crippen LogP contribution >= 0.6 is 0 Å². The van der Waals surface area contributed by atoms with Crippen molar-refractivity contribution in [3.8, 4) is 0 Å². The number of ether oxygens (including phenoxy) is 2. The molecule has 0 unspecified atom stereocenters. The van der Waals surface area contributed by atoms with Gasteiger partial charge in [0, 0.05) is 6.92 Å². The van der Waals surface area contributed by atoms with E-state index >= 15 is 0 Å². The molecule has 3 rings (SSSR count). The molecule has 0 amide bonds. The molecule has 1 saturated heterocycles. The van der Waals surface area contributed by atoms with Crippen molar-refractivity contribution in [2.75, 3.05) is 20.3 Å². The van der Waals surface area contributed by atoms with Gasteiger partial charge in [-0.2, -0.15) is 0 Å². The minimum atomic E-state index is -0.284. The van der Waals surface area contributed by atoms with Crippen LogP contribution in [0.1, 0.15) is 17.9 Å². The van der Waals surface area contributed by atoms with Crippen LogP contribution in [0.25, 0.3) is 11.1 Å². The highest BCUT2D eigenvalue weighted by Crippen LogP contribution is 2.37. The number of carbonyl (C=O) groups is 1. The lowest BCUT2D eigenvalue weighted by atomic mass is 9.76. The maximum Gasteiger partial charge on any atom is 0.306 e. The highest BCUT2D eigenvalue weighted by atomic mass is 16.5. The lowest BCUT2D eigenvalue weighted by molar-refractivity contribution is -0.148. The first-order valence-corrected chi connectivity index (χ1v) is 6.15. The summed E-state index contributed by atoms with van der Waals surface area (Å²) in [6, 6.07) is 5.83. The molecule has 1 aromatic carbocycles. The summed E-state index contributed by atoms with van der Waals surface area (Å²) in [5.74, 6) is 0.416. The minimum Gasteiger partial charge on any atom is -0.469 e. The van der Waals surface area contributed by atoms with Crippen molar-refractivity contribution in [1.82, 2.24) is 4.98 Å². The number of nitrogens with zero attached hydrogens (tertiary/aromatic N) is 1. The van der Waals surface area contributed by atoms with Crippen LogP contribution in [0.2, 0.25) is 0 Å². The number of hydrogen-bond acceptors (Lipinski definition) is 5. The van der Waals surface area contributed by atoms with Gasteiger partial charge < -0.3 is 13.9 Å². The Kier molecular flexibility index (Phi) is 2.78. The van der Waals surface area contributed by atoms with Crippen molar-refractivity contribution in [3.05, 3.63) is 29.7 Å². The number of esters is 1. The van der Waals surface area contributed by atoms with E-state index in [-0.39, 0.29) is 11.4 Å². The number of rotatable bonds is 3. The molecular weight excluding hydrogens is 246 g/mol. The van der Waals surface area contributed by atoms with Crippen LogP contribution in [-0.4, -0.2) is 31.3 Å². The average molecular weight is 261 g/mol. The quantitative estimate of drug-likeness (QED) is 0.790. The van der Waals surface area contributed by atoms with Gasteiger partial charge in [0.15, 0.2) is 11.5 Å². The van der Waals surface area contributed by atoms with Crippen molar-refractivity contribution in [2.45, 2.75) is 18.8 Å². The van der Waals surface area contributed by atoms with E-state index in [0.717, 1.165) is 16.7 Å². The molecule has 0 atom stereocenters. The first kappa shape index (κ1) is 12.2. The minimum absolute atomic E-state index is 0.222. The Morgan fingerprint density at radius 1 is 1.47 bits per heavy atom. The van der Waals surface area contributed by atoms with Crippen LogP contribution in [0.3, 0.4) is 0 Å². The monoisotopic (exact) mass is 261 g/mol. The van der Waals surface area contributed by atoms with Gasteiger partial charge in [-0.15, -0.1) is 0 Å². The molecule has 0 bridgehead atoms. The van der Waals surface area contributed by atoms with Crippen LogP contribution in [0.15, 0.2) is 22.6 Å². The fourth-order valence-corrected chi connectivity index (χ4v) is 2.44. The van der Waals surface area contributed by atoms with Crippen LogP contribution in [0, 0.1) is 6.92 Å². The number of aromatic nitrogens is 1. The van der Waals surface area contributed by atoms with E-state index < -0.39 is 0 Å². The zero-order valence-electron chi connectivity index (χ0n) is 10.9. The second-order valence-corrected chi connectivity index (χ2v) is 4.94. The van der Waals surface area contributed by atoms with Crippen LogP contribution in [0.4, 0.5) is 0 Å². The van der Waals surface area contributed by atoms with E-state index in [2.05, 4.69) is 4.98 Å². The zero-order valence-corrected chi connectivity index (χ0v) is 10.9. The number of fused-ring (bicyclic) bond motifs is 1. The number of carbonyl (C=O) groups excluding carboxylic acids is 1. The molecule has 0 saturated carbocycles. The SMILES string of the molecule is COC(=O)CC1(c2ccc3oc(C)nc3c2)COC1. The lowest BCUT2D eigenvalue weighted by Gasteiger charge is -2.41. The molecule has 19 heavy (non-hydrogen) atoms. The van der Waals surface area contributed by atoms with Crippen molar-refractivity contribution in [2.24, 2.45) is 0 Å². The van der Waals surface area contributed by atoms with Crippen LogP contribution < -0.4 is 0 Å². The molecule has 0 N–H and O–H groups in total. The number of benzene rings is 1. The highest BCUT2D eigenvalue weighted by Gasteiger charge is 2.42. The Morgan fingerprint density at radius 3 is 2.89 bits per heavy atom. The second kappa shape index (κ2) is 4.35. The van der Waals surface area contributed by atoms with Gasteiger partial charge in [-0.1, -0.05) is 6.07 Å². The third-order valence-electron chi connectivity index (χ3n) is 3.57. The fourth-order valence-electron chi connectivity index (χ4n) is 2.44. The van der Waals surface area contributed by atoms with Crippen molar-refractivity contribution in [3.63, 3.8) is 0 Å². The second-order valence-electron chi connectivity index (χ2n) is 4.94. The average Bonchev–Trinajstić information content (AvgIpc) is 2.72. The standard InChI is InChI=1S/C14H15NO4/c1-9-15-11-5-10(3-4-12(11)19-9)14(7-18-8-14)6-13(16)17-2/h3-5H,6-8H2,1-2H3. The van der Waals surface area contributed by atoms with E-state index in [1.165, 1.54) is 7.11 Å². The molecule has 100 valence electrons. The van der Waals surface area contributed by atoms with E-state index in [0.29, 0.717) is 25.5 Å². The van der Waals surface area contributed by atoms with Crippen LogP contribution in [-0.2, 0) is 19.7 Å². The molecule has 2 aromatic rings. The molecule has 1 aromatic heterocycles. The maximum atomic E-state index is 11.5. The molecular formula is C14H15NO4. The van der Waals surface area contributed by atoms with Gasteiger partial charge in [0.05, 0.1) is 32.2 Å². The van der Waals surface area contributed by atoms with Gasteiger partial charge in [0.1, 0.15) is 5.52 Å². The zero-order chi connectivity index (χ0) is 13.5. The summed E-state index contributed by atoms with van der Waals surface area (Å²) in [5, 5.41) is 0. The van der Waals surface area contributed by atoms with Gasteiger partial charge in [0.2, 0.25) is 0 Å². The summed E-state index contributed by atoms with van der Waals surface area (Å²) < 4.78 is 15.5. The van der Waals surface area contributed by atoms with Gasteiger partial charge in [-0.3, -0.25) is 4.79 Å². The first-order chi connectivity index (χ1) is 9.13. The Morgan fingerprint density at radius 2 is 2.26 bits per heavy atom. The Labute approximate surface area is 110 Å². The van der Waals surface area contributed by atoms with Gasteiger partial charge in [-0.05, 0) is 17.7 Å². The van der Waals surface area contributed by atoms with E-state index in [1.54, 1.807) is 0 Å². The number of aryl methyl sites for hydroxylation is 1. The van der Waals surface area contributed by atoms with Crippen molar-refractivity contribution >= 4 is 17.1 Å². The summed E-state index contributed by atoms with van der Waals surface area (Å²) in [6.07, 6.45) is 0.325. The summed E-state index contributed by atoms with van der Waals surface area (Å²) >= 11 is 0. The smallest absolute Gasteiger partial charge is 0.306 e. The molecule has 0 aliphatic carbocycles. The lowest BCUT2D eigenvalue weighted by Crippen LogP contribution is -2.48.